The zero-order valence-electron chi connectivity index (χ0n) is 15.9. The zero-order valence-corrected chi connectivity index (χ0v) is 17.5. The van der Waals surface area contributed by atoms with Crippen LogP contribution >= 0.6 is 23.2 Å². The molecule has 2 aromatic carbocycles. The van der Waals surface area contributed by atoms with E-state index in [1.165, 1.54) is 0 Å². The topological polar surface area (TPSA) is 92.1 Å². The highest BCUT2D eigenvalue weighted by Crippen LogP contribution is 2.20. The lowest BCUT2D eigenvalue weighted by molar-refractivity contribution is 0.247. The lowest BCUT2D eigenvalue weighted by Crippen LogP contribution is -2.34. The summed E-state index contributed by atoms with van der Waals surface area (Å²) in [6, 6.07) is 13.7. The third-order valence-corrected chi connectivity index (χ3v) is 4.43. The number of amides is 2. The molecule has 2 amide bonds. The Labute approximate surface area is 178 Å². The van der Waals surface area contributed by atoms with Gasteiger partial charge in [-0.05, 0) is 55.8 Å². The van der Waals surface area contributed by atoms with E-state index >= 15 is 0 Å². The highest BCUT2D eigenvalue weighted by molar-refractivity contribution is 6.30. The minimum Gasteiger partial charge on any atom is -0.336 e. The number of rotatable bonds is 7. The summed E-state index contributed by atoms with van der Waals surface area (Å²) in [5, 5.41) is 14.0. The van der Waals surface area contributed by atoms with Crippen LogP contribution < -0.4 is 16.0 Å². The van der Waals surface area contributed by atoms with Crippen molar-refractivity contribution in [3.05, 3.63) is 70.0 Å². The molecule has 29 heavy (non-hydrogen) atoms. The maximum atomic E-state index is 12.5. The van der Waals surface area contributed by atoms with Gasteiger partial charge < -0.3 is 20.5 Å². The Kier molecular flexibility index (Phi) is 6.95. The fourth-order valence-electron chi connectivity index (χ4n) is 2.60. The average molecular weight is 434 g/mol. The smallest absolute Gasteiger partial charge is 0.321 e. The zero-order chi connectivity index (χ0) is 20.8. The van der Waals surface area contributed by atoms with Gasteiger partial charge in [-0.15, -0.1) is 0 Å². The third kappa shape index (κ3) is 6.37. The van der Waals surface area contributed by atoms with Crippen LogP contribution in [0.3, 0.4) is 0 Å². The number of carbonyl (C=O) groups is 1. The summed E-state index contributed by atoms with van der Waals surface area (Å²) >= 11 is 11.8. The van der Waals surface area contributed by atoms with Crippen molar-refractivity contribution in [2.75, 3.05) is 10.6 Å². The van der Waals surface area contributed by atoms with Crippen molar-refractivity contribution in [1.82, 2.24) is 15.5 Å². The van der Waals surface area contributed by atoms with E-state index in [2.05, 4.69) is 26.1 Å². The van der Waals surface area contributed by atoms with Crippen LogP contribution in [0, 0.1) is 0 Å². The van der Waals surface area contributed by atoms with Crippen molar-refractivity contribution in [3.8, 4) is 0 Å². The van der Waals surface area contributed by atoms with E-state index < -0.39 is 12.1 Å². The van der Waals surface area contributed by atoms with Crippen LogP contribution in [0.4, 0.5) is 16.5 Å². The van der Waals surface area contributed by atoms with E-state index in [9.17, 15) is 4.79 Å². The van der Waals surface area contributed by atoms with Gasteiger partial charge in [0.05, 0.1) is 6.04 Å². The fraction of sp³-hybridized carbons (Fsp3) is 0.250. The number of urea groups is 1. The normalized spacial score (nSPS) is 11.9. The first-order valence-corrected chi connectivity index (χ1v) is 9.82. The lowest BCUT2D eigenvalue weighted by atomic mass is 10.1. The molecule has 152 valence electrons. The number of halogens is 2. The summed E-state index contributed by atoms with van der Waals surface area (Å²) in [6.45, 7) is 3.93. The van der Waals surface area contributed by atoms with Gasteiger partial charge in [0.1, 0.15) is 0 Å². The monoisotopic (exact) mass is 433 g/mol. The molecule has 7 nitrogen and oxygen atoms in total. The molecule has 0 aliphatic rings. The van der Waals surface area contributed by atoms with Gasteiger partial charge in [-0.2, -0.15) is 4.98 Å². The number of benzene rings is 2. The number of anilines is 2. The summed E-state index contributed by atoms with van der Waals surface area (Å²) in [5.41, 5.74) is 1.58. The number of hydrogen-bond acceptors (Lipinski definition) is 5. The molecule has 0 aliphatic carbocycles. The van der Waals surface area contributed by atoms with Crippen LogP contribution in [0.15, 0.2) is 53.1 Å². The molecule has 1 atom stereocenters. The van der Waals surface area contributed by atoms with Crippen molar-refractivity contribution in [2.45, 2.75) is 32.4 Å². The molecule has 1 aromatic heterocycles. The standard InChI is InChI=1S/C20H21Cl2N5O2/c1-12(2)23-20-26-18(27-29-20)17(11-13-3-5-14(21)6-4-13)25-19(28)24-16-9-7-15(22)8-10-16/h3-10,12,17H,11H2,1-2H3,(H,23,26,27)(H2,24,25,28)/t17-/m0/s1. The Hall–Kier alpha value is -2.77. The van der Waals surface area contributed by atoms with E-state index in [0.29, 0.717) is 34.0 Å². The molecule has 0 bridgehead atoms. The van der Waals surface area contributed by atoms with E-state index in [-0.39, 0.29) is 6.04 Å². The van der Waals surface area contributed by atoms with E-state index in [1.807, 2.05) is 26.0 Å². The van der Waals surface area contributed by atoms with Gasteiger partial charge in [0.25, 0.3) is 0 Å². The Bertz CT molecular complexity index is 942. The molecular weight excluding hydrogens is 413 g/mol. The number of hydrogen-bond donors (Lipinski definition) is 3. The van der Waals surface area contributed by atoms with Crippen molar-refractivity contribution in [1.29, 1.82) is 0 Å². The molecule has 3 rings (SSSR count). The van der Waals surface area contributed by atoms with Gasteiger partial charge in [0, 0.05) is 28.2 Å². The summed E-state index contributed by atoms with van der Waals surface area (Å²) in [4.78, 5) is 16.9. The Morgan fingerprint density at radius 2 is 1.66 bits per heavy atom. The van der Waals surface area contributed by atoms with Crippen LogP contribution in [0.1, 0.15) is 31.3 Å². The minimum absolute atomic E-state index is 0.138. The van der Waals surface area contributed by atoms with Crippen molar-refractivity contribution < 1.29 is 9.32 Å². The summed E-state index contributed by atoms with van der Waals surface area (Å²) < 4.78 is 5.25. The first kappa shape index (κ1) is 21.0. The number of carbonyl (C=O) groups excluding carboxylic acids is 1. The molecular formula is C20H21Cl2N5O2. The van der Waals surface area contributed by atoms with E-state index in [1.54, 1.807) is 36.4 Å². The van der Waals surface area contributed by atoms with E-state index in [0.717, 1.165) is 5.56 Å². The van der Waals surface area contributed by atoms with Crippen molar-refractivity contribution in [2.24, 2.45) is 0 Å². The van der Waals surface area contributed by atoms with Crippen LogP contribution in [-0.2, 0) is 6.42 Å². The Balaban J connectivity index is 1.75. The summed E-state index contributed by atoms with van der Waals surface area (Å²) in [6.07, 6.45) is 0.464. The lowest BCUT2D eigenvalue weighted by Gasteiger charge is -2.16. The molecule has 0 fully saturated rings. The predicted molar refractivity (Wildman–Crippen MR) is 115 cm³/mol. The Morgan fingerprint density at radius 1 is 1.03 bits per heavy atom. The van der Waals surface area contributed by atoms with Crippen LogP contribution in [0.2, 0.25) is 10.0 Å². The van der Waals surface area contributed by atoms with Gasteiger partial charge in [0.15, 0.2) is 5.82 Å². The molecule has 0 aliphatic heterocycles. The van der Waals surface area contributed by atoms with Crippen LogP contribution in [0.5, 0.6) is 0 Å². The van der Waals surface area contributed by atoms with E-state index in [4.69, 9.17) is 27.7 Å². The average Bonchev–Trinajstić information content (AvgIpc) is 3.12. The quantitative estimate of drug-likeness (QED) is 0.469. The molecule has 0 saturated heterocycles. The molecule has 3 aromatic rings. The molecule has 0 unspecified atom stereocenters. The second-order valence-corrected chi connectivity index (χ2v) is 7.62. The molecule has 0 radical (unpaired) electrons. The second kappa shape index (κ2) is 9.62. The van der Waals surface area contributed by atoms with Gasteiger partial charge in [0.2, 0.25) is 0 Å². The predicted octanol–water partition coefficient (Wildman–Crippen LogP) is 5.30. The maximum absolute atomic E-state index is 12.5. The van der Waals surface area contributed by atoms with Gasteiger partial charge in [-0.1, -0.05) is 40.5 Å². The van der Waals surface area contributed by atoms with Gasteiger partial charge >= 0.3 is 12.0 Å². The SMILES string of the molecule is CC(C)Nc1nc([C@H](Cc2ccc(Cl)cc2)NC(=O)Nc2ccc(Cl)cc2)no1. The Morgan fingerprint density at radius 3 is 2.28 bits per heavy atom. The summed E-state index contributed by atoms with van der Waals surface area (Å²) in [5.74, 6) is 0.370. The fourth-order valence-corrected chi connectivity index (χ4v) is 2.86. The number of nitrogens with one attached hydrogen (secondary N) is 3. The van der Waals surface area contributed by atoms with Crippen molar-refractivity contribution in [3.63, 3.8) is 0 Å². The first-order chi connectivity index (χ1) is 13.9. The molecule has 1 heterocycles. The van der Waals surface area contributed by atoms with Crippen LogP contribution in [0.25, 0.3) is 0 Å². The third-order valence-electron chi connectivity index (χ3n) is 3.93. The van der Waals surface area contributed by atoms with Crippen molar-refractivity contribution >= 4 is 40.9 Å². The molecule has 3 N–H and O–H groups in total. The van der Waals surface area contributed by atoms with Gasteiger partial charge in [-0.25, -0.2) is 4.79 Å². The summed E-state index contributed by atoms with van der Waals surface area (Å²) in [7, 11) is 0. The highest BCUT2D eigenvalue weighted by Gasteiger charge is 2.22. The molecule has 9 heteroatoms. The molecule has 0 spiro atoms. The maximum Gasteiger partial charge on any atom is 0.321 e. The first-order valence-electron chi connectivity index (χ1n) is 9.06. The van der Waals surface area contributed by atoms with Crippen LogP contribution in [-0.4, -0.2) is 22.2 Å². The minimum atomic E-state index is -0.505. The van der Waals surface area contributed by atoms with Gasteiger partial charge in [-0.3, -0.25) is 0 Å². The number of aromatic nitrogens is 2. The number of nitrogens with zero attached hydrogens (tertiary/aromatic N) is 2. The second-order valence-electron chi connectivity index (χ2n) is 6.75. The molecule has 0 saturated carbocycles. The largest absolute Gasteiger partial charge is 0.336 e. The highest BCUT2D eigenvalue weighted by atomic mass is 35.5.